The van der Waals surface area contributed by atoms with E-state index >= 15 is 0 Å². The summed E-state index contributed by atoms with van der Waals surface area (Å²) in [5, 5.41) is 13.3. The molecule has 8 nitrogen and oxygen atoms in total. The Morgan fingerprint density at radius 3 is 2.42 bits per heavy atom. The molecule has 24 heavy (non-hydrogen) atoms. The molecule has 124 valence electrons. The van der Waals surface area contributed by atoms with Gasteiger partial charge >= 0.3 is 0 Å². The number of hydrogen-bond donors (Lipinski definition) is 2. The Morgan fingerprint density at radius 1 is 1.21 bits per heavy atom. The van der Waals surface area contributed by atoms with E-state index in [0.29, 0.717) is 22.6 Å². The van der Waals surface area contributed by atoms with Crippen molar-refractivity contribution in [2.75, 3.05) is 11.9 Å². The minimum absolute atomic E-state index is 0.0427. The minimum atomic E-state index is -0.551. The minimum Gasteiger partial charge on any atom is -0.483 e. The molecule has 8 heteroatoms. The first kappa shape index (κ1) is 16.9. The first-order valence-electron chi connectivity index (χ1n) is 6.94. The van der Waals surface area contributed by atoms with Crippen LogP contribution in [0.3, 0.4) is 0 Å². The number of nitrogens with zero attached hydrogens (tertiary/aromatic N) is 1. The number of nitro groups is 1. The fourth-order valence-corrected chi connectivity index (χ4v) is 1.97. The largest absolute Gasteiger partial charge is 0.483 e. The third-order valence-electron chi connectivity index (χ3n) is 3.18. The zero-order chi connectivity index (χ0) is 17.7. The molecule has 2 aromatic carbocycles. The van der Waals surface area contributed by atoms with Gasteiger partial charge in [-0.2, -0.15) is 0 Å². The second-order valence-electron chi connectivity index (χ2n) is 4.99. The van der Waals surface area contributed by atoms with Crippen molar-refractivity contribution in [3.8, 4) is 5.75 Å². The van der Waals surface area contributed by atoms with Gasteiger partial charge in [0.05, 0.1) is 4.92 Å². The van der Waals surface area contributed by atoms with E-state index in [1.165, 1.54) is 30.3 Å². The Labute approximate surface area is 137 Å². The fraction of sp³-hybridized carbons (Fsp3) is 0.125. The molecule has 0 unspecified atom stereocenters. The van der Waals surface area contributed by atoms with Gasteiger partial charge in [0, 0.05) is 23.4 Å². The summed E-state index contributed by atoms with van der Waals surface area (Å²) in [4.78, 5) is 33.0. The van der Waals surface area contributed by atoms with E-state index in [2.05, 4.69) is 5.32 Å². The summed E-state index contributed by atoms with van der Waals surface area (Å²) in [5.41, 5.74) is 6.48. The number of carbonyl (C=O) groups excluding carboxylic acids is 2. The van der Waals surface area contributed by atoms with Gasteiger partial charge in [-0.15, -0.1) is 0 Å². The predicted molar refractivity (Wildman–Crippen MR) is 86.9 cm³/mol. The van der Waals surface area contributed by atoms with Crippen molar-refractivity contribution in [3.05, 3.63) is 63.7 Å². The van der Waals surface area contributed by atoms with Crippen molar-refractivity contribution in [1.29, 1.82) is 0 Å². The maximum absolute atomic E-state index is 11.9. The molecule has 0 atom stereocenters. The highest BCUT2D eigenvalue weighted by Crippen LogP contribution is 2.23. The molecule has 0 saturated heterocycles. The summed E-state index contributed by atoms with van der Waals surface area (Å²) < 4.78 is 5.36. The highest BCUT2D eigenvalue weighted by atomic mass is 16.6. The van der Waals surface area contributed by atoms with Crippen LogP contribution in [0.15, 0.2) is 42.5 Å². The molecule has 2 rings (SSSR count). The molecule has 0 heterocycles. The molecular formula is C16H15N3O5. The van der Waals surface area contributed by atoms with Crippen LogP contribution in [0.2, 0.25) is 0 Å². The Morgan fingerprint density at radius 2 is 1.88 bits per heavy atom. The average Bonchev–Trinajstić information content (AvgIpc) is 2.54. The third-order valence-corrected chi connectivity index (χ3v) is 3.18. The Hall–Kier alpha value is -3.42. The SMILES string of the molecule is Cc1cc([N+](=O)[O-])ccc1OCC(=O)Nc1ccc(C(N)=O)cc1. The molecule has 0 aliphatic heterocycles. The normalized spacial score (nSPS) is 10.0. The molecule has 3 N–H and O–H groups in total. The van der Waals surface area contributed by atoms with E-state index in [9.17, 15) is 19.7 Å². The van der Waals surface area contributed by atoms with Crippen LogP contribution in [0, 0.1) is 17.0 Å². The lowest BCUT2D eigenvalue weighted by Gasteiger charge is -2.09. The van der Waals surface area contributed by atoms with Crippen LogP contribution in [0.25, 0.3) is 0 Å². The quantitative estimate of drug-likeness (QED) is 0.619. The van der Waals surface area contributed by atoms with E-state index in [0.717, 1.165) is 0 Å². The number of ether oxygens (including phenoxy) is 1. The number of non-ortho nitro benzene ring substituents is 1. The number of anilines is 1. The number of nitro benzene ring substituents is 1. The van der Waals surface area contributed by atoms with Crippen molar-refractivity contribution in [1.82, 2.24) is 0 Å². The smallest absolute Gasteiger partial charge is 0.269 e. The van der Waals surface area contributed by atoms with Gasteiger partial charge in [-0.3, -0.25) is 19.7 Å². The standard InChI is InChI=1S/C16H15N3O5/c1-10-8-13(19(22)23)6-7-14(10)24-9-15(20)18-12-4-2-11(3-5-12)16(17)21/h2-8H,9H2,1H3,(H2,17,21)(H,18,20). The highest BCUT2D eigenvalue weighted by Gasteiger charge is 2.10. The monoisotopic (exact) mass is 329 g/mol. The van der Waals surface area contributed by atoms with Crippen molar-refractivity contribution < 1.29 is 19.2 Å². The predicted octanol–water partition coefficient (Wildman–Crippen LogP) is 2.02. The molecule has 2 aromatic rings. The van der Waals surface area contributed by atoms with Gasteiger partial charge in [0.2, 0.25) is 5.91 Å². The Kier molecular flexibility index (Phi) is 5.10. The zero-order valence-corrected chi connectivity index (χ0v) is 12.8. The van der Waals surface area contributed by atoms with Gasteiger partial charge < -0.3 is 15.8 Å². The molecule has 0 radical (unpaired) electrons. The van der Waals surface area contributed by atoms with Crippen molar-refractivity contribution in [3.63, 3.8) is 0 Å². The van der Waals surface area contributed by atoms with Crippen LogP contribution in [0.4, 0.5) is 11.4 Å². The Balaban J connectivity index is 1.93. The van der Waals surface area contributed by atoms with Gasteiger partial charge in [-0.25, -0.2) is 0 Å². The first-order chi connectivity index (χ1) is 11.4. The molecule has 2 amide bonds. The van der Waals surface area contributed by atoms with Gasteiger partial charge in [0.25, 0.3) is 11.6 Å². The molecule has 0 saturated carbocycles. The van der Waals surface area contributed by atoms with Crippen LogP contribution >= 0.6 is 0 Å². The number of primary amides is 1. The number of rotatable bonds is 6. The third kappa shape index (κ3) is 4.29. The lowest BCUT2D eigenvalue weighted by Crippen LogP contribution is -2.20. The summed E-state index contributed by atoms with van der Waals surface area (Å²) in [6, 6.07) is 10.2. The maximum atomic E-state index is 11.9. The summed E-state index contributed by atoms with van der Waals surface area (Å²) in [5.74, 6) is -0.565. The van der Waals surface area contributed by atoms with E-state index in [4.69, 9.17) is 10.5 Å². The number of benzene rings is 2. The van der Waals surface area contributed by atoms with Gasteiger partial charge in [-0.05, 0) is 42.8 Å². The van der Waals surface area contributed by atoms with Gasteiger partial charge in [0.1, 0.15) is 5.75 Å². The summed E-state index contributed by atoms with van der Waals surface area (Å²) >= 11 is 0. The molecule has 0 aromatic heterocycles. The van der Waals surface area contributed by atoms with Gasteiger partial charge in [-0.1, -0.05) is 0 Å². The molecule has 0 fully saturated rings. The van der Waals surface area contributed by atoms with E-state index < -0.39 is 16.7 Å². The average molecular weight is 329 g/mol. The van der Waals surface area contributed by atoms with Crippen molar-refractivity contribution in [2.24, 2.45) is 5.73 Å². The number of aryl methyl sites for hydroxylation is 1. The summed E-state index contributed by atoms with van der Waals surface area (Å²) in [7, 11) is 0. The van der Waals surface area contributed by atoms with Crippen LogP contribution < -0.4 is 15.8 Å². The van der Waals surface area contributed by atoms with E-state index in [1.54, 1.807) is 19.1 Å². The molecule has 0 bridgehead atoms. The second-order valence-corrected chi connectivity index (χ2v) is 4.99. The number of hydrogen-bond acceptors (Lipinski definition) is 5. The lowest BCUT2D eigenvalue weighted by atomic mass is 10.2. The Bertz CT molecular complexity index is 787. The van der Waals surface area contributed by atoms with Crippen molar-refractivity contribution >= 4 is 23.2 Å². The van der Waals surface area contributed by atoms with E-state index in [1.807, 2.05) is 0 Å². The number of amides is 2. The molecule has 0 spiro atoms. The van der Waals surface area contributed by atoms with Crippen LogP contribution in [0.5, 0.6) is 5.75 Å². The molecular weight excluding hydrogens is 314 g/mol. The number of nitrogens with one attached hydrogen (secondary N) is 1. The second kappa shape index (κ2) is 7.23. The van der Waals surface area contributed by atoms with Crippen molar-refractivity contribution in [2.45, 2.75) is 6.92 Å². The number of carbonyl (C=O) groups is 2. The highest BCUT2D eigenvalue weighted by molar-refractivity contribution is 5.95. The number of nitrogens with two attached hydrogens (primary N) is 1. The van der Waals surface area contributed by atoms with E-state index in [-0.39, 0.29) is 12.3 Å². The zero-order valence-electron chi connectivity index (χ0n) is 12.8. The maximum Gasteiger partial charge on any atom is 0.269 e. The van der Waals surface area contributed by atoms with Gasteiger partial charge in [0.15, 0.2) is 6.61 Å². The molecule has 0 aliphatic rings. The molecule has 0 aliphatic carbocycles. The van der Waals surface area contributed by atoms with Crippen LogP contribution in [-0.2, 0) is 4.79 Å². The topological polar surface area (TPSA) is 125 Å². The van der Waals surface area contributed by atoms with Crippen LogP contribution in [0.1, 0.15) is 15.9 Å². The fourth-order valence-electron chi connectivity index (χ4n) is 1.97. The summed E-state index contributed by atoms with van der Waals surface area (Å²) in [6.45, 7) is 1.40. The van der Waals surface area contributed by atoms with Crippen LogP contribution in [-0.4, -0.2) is 23.3 Å². The summed E-state index contributed by atoms with van der Waals surface area (Å²) in [6.07, 6.45) is 0. The first-order valence-corrected chi connectivity index (χ1v) is 6.94. The lowest BCUT2D eigenvalue weighted by molar-refractivity contribution is -0.384.